The second kappa shape index (κ2) is 8.72. The molecule has 0 radical (unpaired) electrons. The Kier molecular flexibility index (Phi) is 5.68. The number of nitrogens with zero attached hydrogens (tertiary/aromatic N) is 3. The fraction of sp³-hybridized carbons (Fsp3) is 0.0500. The lowest BCUT2D eigenvalue weighted by molar-refractivity contribution is 0.443. The molecule has 4 aromatic rings. The lowest BCUT2D eigenvalue weighted by Gasteiger charge is -2.11. The predicted molar refractivity (Wildman–Crippen MR) is 113 cm³/mol. The molecule has 0 fully saturated rings. The van der Waals surface area contributed by atoms with E-state index >= 15 is 0 Å². The van der Waals surface area contributed by atoms with Gasteiger partial charge in [0.05, 0.1) is 5.69 Å². The minimum atomic E-state index is -2.39. The van der Waals surface area contributed by atoms with Gasteiger partial charge in [-0.3, -0.25) is 9.31 Å². The lowest BCUT2D eigenvalue weighted by atomic mass is 10.1. The summed E-state index contributed by atoms with van der Waals surface area (Å²) in [5.74, 6) is 1.60. The minimum Gasteiger partial charge on any atom is -0.755 e. The van der Waals surface area contributed by atoms with Gasteiger partial charge in [-0.15, -0.1) is 0 Å². The van der Waals surface area contributed by atoms with E-state index in [0.717, 1.165) is 11.3 Å². The first-order chi connectivity index (χ1) is 14.5. The van der Waals surface area contributed by atoms with E-state index in [9.17, 15) is 8.76 Å². The highest BCUT2D eigenvalue weighted by molar-refractivity contribution is 7.80. The van der Waals surface area contributed by atoms with Crippen LogP contribution in [0.3, 0.4) is 0 Å². The van der Waals surface area contributed by atoms with Gasteiger partial charge in [-0.05, 0) is 31.2 Å². The standard InChI is InChI=1S/C20H18N6O3S/c1-13-11-19(25-24-13)22-18-12-17(14-5-3-2-4-6-14)21-20(23-18)29-16-9-7-15(8-10-16)26-30(27)28/h2-12,26H,1H3,(H,27,28)(H2,21,22,23,24,25)/p-1. The number of ether oxygens (including phenoxy) is 1. The maximum Gasteiger partial charge on any atom is 0.324 e. The van der Waals surface area contributed by atoms with E-state index < -0.39 is 11.3 Å². The first kappa shape index (κ1) is 19.6. The normalized spacial score (nSPS) is 11.7. The summed E-state index contributed by atoms with van der Waals surface area (Å²) in [7, 11) is 0. The number of benzene rings is 2. The summed E-state index contributed by atoms with van der Waals surface area (Å²) in [5.41, 5.74) is 2.92. The average molecular weight is 421 g/mol. The van der Waals surface area contributed by atoms with Crippen LogP contribution < -0.4 is 14.8 Å². The molecule has 10 heteroatoms. The molecule has 2 heterocycles. The number of hydrogen-bond acceptors (Lipinski definition) is 7. The van der Waals surface area contributed by atoms with Crippen molar-refractivity contribution in [3.05, 3.63) is 72.4 Å². The van der Waals surface area contributed by atoms with Gasteiger partial charge >= 0.3 is 6.01 Å². The van der Waals surface area contributed by atoms with E-state index in [0.29, 0.717) is 28.8 Å². The van der Waals surface area contributed by atoms with E-state index in [-0.39, 0.29) is 6.01 Å². The molecule has 2 aromatic heterocycles. The number of anilines is 3. The molecule has 4 rings (SSSR count). The molecule has 9 nitrogen and oxygen atoms in total. The molecule has 0 amide bonds. The fourth-order valence-electron chi connectivity index (χ4n) is 2.70. The van der Waals surface area contributed by atoms with Crippen molar-refractivity contribution in [1.29, 1.82) is 0 Å². The van der Waals surface area contributed by atoms with Crippen LogP contribution in [0, 0.1) is 6.92 Å². The molecule has 0 bridgehead atoms. The molecule has 0 aliphatic rings. The van der Waals surface area contributed by atoms with Gasteiger partial charge in [0.15, 0.2) is 5.82 Å². The molecule has 0 aliphatic carbocycles. The van der Waals surface area contributed by atoms with Crippen molar-refractivity contribution < 1.29 is 13.5 Å². The number of aromatic amines is 1. The van der Waals surface area contributed by atoms with Gasteiger partial charge in [-0.1, -0.05) is 30.3 Å². The minimum absolute atomic E-state index is 0.138. The van der Waals surface area contributed by atoms with Gasteiger partial charge in [-0.25, -0.2) is 0 Å². The summed E-state index contributed by atoms with van der Waals surface area (Å²) in [4.78, 5) is 8.92. The molecule has 0 aliphatic heterocycles. The second-order valence-corrected chi connectivity index (χ2v) is 6.98. The van der Waals surface area contributed by atoms with Crippen LogP contribution in [0.5, 0.6) is 11.8 Å². The van der Waals surface area contributed by atoms with Crippen molar-refractivity contribution in [2.24, 2.45) is 0 Å². The van der Waals surface area contributed by atoms with E-state index in [1.54, 1.807) is 24.3 Å². The average Bonchev–Trinajstić information content (AvgIpc) is 3.14. The Hall–Kier alpha value is -3.76. The summed E-state index contributed by atoms with van der Waals surface area (Å²) in [6.07, 6.45) is 0. The molecule has 3 N–H and O–H groups in total. The maximum absolute atomic E-state index is 10.7. The predicted octanol–water partition coefficient (Wildman–Crippen LogP) is 3.92. The first-order valence-electron chi connectivity index (χ1n) is 8.92. The topological polar surface area (TPSA) is 128 Å². The highest BCUT2D eigenvalue weighted by atomic mass is 32.2. The first-order valence-corrected chi connectivity index (χ1v) is 10.00. The highest BCUT2D eigenvalue weighted by Crippen LogP contribution is 2.27. The van der Waals surface area contributed by atoms with Crippen molar-refractivity contribution in [3.63, 3.8) is 0 Å². The molecule has 30 heavy (non-hydrogen) atoms. The van der Waals surface area contributed by atoms with Crippen molar-refractivity contribution in [2.45, 2.75) is 6.92 Å². The van der Waals surface area contributed by atoms with Crippen LogP contribution in [0.1, 0.15) is 5.69 Å². The third-order valence-corrected chi connectivity index (χ3v) is 4.40. The van der Waals surface area contributed by atoms with Crippen molar-refractivity contribution in [2.75, 3.05) is 10.0 Å². The third-order valence-electron chi connectivity index (χ3n) is 4.00. The van der Waals surface area contributed by atoms with Gasteiger partial charge in [0.25, 0.3) is 0 Å². The van der Waals surface area contributed by atoms with E-state index in [1.807, 2.05) is 49.4 Å². The van der Waals surface area contributed by atoms with E-state index in [4.69, 9.17) is 4.74 Å². The maximum atomic E-state index is 10.7. The Labute approximate surface area is 175 Å². The molecule has 1 unspecified atom stereocenters. The molecule has 1 atom stereocenters. The Morgan fingerprint density at radius 3 is 2.43 bits per heavy atom. The summed E-state index contributed by atoms with van der Waals surface area (Å²) < 4.78 is 29.5. The van der Waals surface area contributed by atoms with Crippen LogP contribution in [0.25, 0.3) is 11.3 Å². The summed E-state index contributed by atoms with van der Waals surface area (Å²) in [6, 6.07) is 19.9. The number of rotatable bonds is 7. The van der Waals surface area contributed by atoms with Crippen LogP contribution in [0.15, 0.2) is 66.7 Å². The van der Waals surface area contributed by atoms with Crippen LogP contribution >= 0.6 is 0 Å². The van der Waals surface area contributed by atoms with Gasteiger partial charge in [-0.2, -0.15) is 15.1 Å². The van der Waals surface area contributed by atoms with Crippen molar-refractivity contribution in [1.82, 2.24) is 20.2 Å². The number of nitrogens with one attached hydrogen (secondary N) is 3. The van der Waals surface area contributed by atoms with Gasteiger partial charge in [0, 0.05) is 40.3 Å². The number of aryl methyl sites for hydroxylation is 1. The van der Waals surface area contributed by atoms with Gasteiger partial charge in [0.1, 0.15) is 11.6 Å². The Morgan fingerprint density at radius 2 is 1.77 bits per heavy atom. The van der Waals surface area contributed by atoms with Gasteiger partial charge in [0.2, 0.25) is 0 Å². The molecule has 0 saturated heterocycles. The monoisotopic (exact) mass is 421 g/mol. The quantitative estimate of drug-likeness (QED) is 0.386. The third kappa shape index (κ3) is 4.99. The van der Waals surface area contributed by atoms with Crippen LogP contribution in [-0.4, -0.2) is 28.9 Å². The van der Waals surface area contributed by atoms with Crippen molar-refractivity contribution in [3.8, 4) is 23.0 Å². The highest BCUT2D eigenvalue weighted by Gasteiger charge is 2.10. The zero-order valence-electron chi connectivity index (χ0n) is 15.8. The number of H-pyrrole nitrogens is 1. The van der Waals surface area contributed by atoms with Crippen LogP contribution in [0.4, 0.5) is 17.3 Å². The molecule has 0 spiro atoms. The Bertz CT molecular complexity index is 1160. The molecular weight excluding hydrogens is 404 g/mol. The summed E-state index contributed by atoms with van der Waals surface area (Å²) >= 11 is -2.39. The number of hydrogen-bond donors (Lipinski definition) is 3. The van der Waals surface area contributed by atoms with E-state index in [1.165, 1.54) is 0 Å². The lowest BCUT2D eigenvalue weighted by Crippen LogP contribution is -2.02. The SMILES string of the molecule is Cc1cc(Nc2cc(-c3ccccc3)nc(Oc3ccc(NS(=O)[O-])cc3)n2)n[nH]1. The van der Waals surface area contributed by atoms with Crippen LogP contribution in [-0.2, 0) is 11.3 Å². The van der Waals surface area contributed by atoms with E-state index in [2.05, 4.69) is 30.2 Å². The zero-order valence-corrected chi connectivity index (χ0v) is 16.6. The smallest absolute Gasteiger partial charge is 0.324 e. The summed E-state index contributed by atoms with van der Waals surface area (Å²) in [5, 5.41) is 10.2. The Morgan fingerprint density at radius 1 is 1.00 bits per heavy atom. The van der Waals surface area contributed by atoms with Gasteiger partial charge < -0.3 is 19.3 Å². The fourth-order valence-corrected chi connectivity index (χ4v) is 3.03. The second-order valence-electron chi connectivity index (χ2n) is 6.31. The molecule has 152 valence electrons. The number of aromatic nitrogens is 4. The molecule has 0 saturated carbocycles. The largest absolute Gasteiger partial charge is 0.755 e. The van der Waals surface area contributed by atoms with Crippen LogP contribution in [0.2, 0.25) is 0 Å². The molecular formula is C20H17N6O3S-. The Balaban J connectivity index is 1.64. The summed E-state index contributed by atoms with van der Waals surface area (Å²) in [6.45, 7) is 1.91. The molecule has 2 aromatic carbocycles. The zero-order chi connectivity index (χ0) is 20.9. The van der Waals surface area contributed by atoms with Crippen molar-refractivity contribution >= 4 is 28.6 Å².